The number of nitrogens with zero attached hydrogens (tertiary/aromatic N) is 2. The van der Waals surface area contributed by atoms with E-state index in [4.69, 9.17) is 32.7 Å². The van der Waals surface area contributed by atoms with Crippen molar-refractivity contribution in [2.75, 3.05) is 13.4 Å². The molecule has 0 aliphatic heterocycles. The van der Waals surface area contributed by atoms with Crippen molar-refractivity contribution < 1.29 is 9.47 Å². The molecule has 0 saturated heterocycles. The van der Waals surface area contributed by atoms with E-state index in [0.717, 1.165) is 0 Å². The van der Waals surface area contributed by atoms with E-state index in [1.165, 1.54) is 11.8 Å². The molecule has 1 heterocycles. The Balaban J connectivity index is 2.04. The third kappa shape index (κ3) is 4.51. The highest BCUT2D eigenvalue weighted by molar-refractivity contribution is 7.98. The monoisotopic (exact) mass is 447 g/mol. The number of ether oxygens (including phenoxy) is 2. The van der Waals surface area contributed by atoms with Crippen LogP contribution in [0.5, 0.6) is 11.5 Å². The van der Waals surface area contributed by atoms with Crippen LogP contribution in [0, 0.1) is 11.3 Å². The second kappa shape index (κ2) is 9.23. The van der Waals surface area contributed by atoms with Crippen LogP contribution in [0.15, 0.2) is 46.3 Å². The van der Waals surface area contributed by atoms with E-state index in [-0.39, 0.29) is 12.2 Å². The van der Waals surface area contributed by atoms with E-state index in [0.29, 0.717) is 43.5 Å². The van der Waals surface area contributed by atoms with Crippen LogP contribution in [0.1, 0.15) is 11.1 Å². The summed E-state index contributed by atoms with van der Waals surface area (Å²) in [5, 5.41) is 10.6. The Hall–Kier alpha value is -2.66. The Morgan fingerprint density at radius 3 is 2.59 bits per heavy atom. The number of aromatic amines is 1. The van der Waals surface area contributed by atoms with Gasteiger partial charge in [0, 0.05) is 11.1 Å². The lowest BCUT2D eigenvalue weighted by molar-refractivity contribution is 0.297. The maximum absolute atomic E-state index is 12.2. The molecule has 0 spiro atoms. The fraction of sp³-hybridized carbons (Fsp3) is 0.150. The second-order valence-electron chi connectivity index (χ2n) is 5.78. The van der Waals surface area contributed by atoms with Crippen molar-refractivity contribution in [1.82, 2.24) is 9.97 Å². The summed E-state index contributed by atoms with van der Waals surface area (Å²) in [4.78, 5) is 19.2. The van der Waals surface area contributed by atoms with Crippen molar-refractivity contribution in [2.45, 2.75) is 11.8 Å². The lowest BCUT2D eigenvalue weighted by Crippen LogP contribution is -2.14. The largest absolute Gasteiger partial charge is 0.496 e. The van der Waals surface area contributed by atoms with Crippen LogP contribution >= 0.6 is 35.0 Å². The first-order chi connectivity index (χ1) is 14.0. The molecule has 0 unspecified atom stereocenters. The van der Waals surface area contributed by atoms with E-state index in [1.807, 2.05) is 6.07 Å². The van der Waals surface area contributed by atoms with E-state index in [9.17, 15) is 10.1 Å². The Labute approximate surface area is 181 Å². The molecule has 29 heavy (non-hydrogen) atoms. The standard InChI is InChI=1S/C20H15Cl2N3O3S/c1-27-16-7-6-11(17-13(9-23)19(26)25-20(24-17)29-2)8-12(16)10-28-18-14(21)4-3-5-15(18)22/h3-8H,10H2,1-2H3,(H,24,25,26). The van der Waals surface area contributed by atoms with Gasteiger partial charge in [-0.3, -0.25) is 4.79 Å². The topological polar surface area (TPSA) is 88.0 Å². The zero-order chi connectivity index (χ0) is 21.0. The molecule has 0 aliphatic carbocycles. The maximum Gasteiger partial charge on any atom is 0.270 e. The van der Waals surface area contributed by atoms with Crippen LogP contribution < -0.4 is 15.0 Å². The summed E-state index contributed by atoms with van der Waals surface area (Å²) in [6.45, 7) is 0.112. The minimum atomic E-state index is -0.488. The number of H-pyrrole nitrogens is 1. The lowest BCUT2D eigenvalue weighted by Gasteiger charge is -2.14. The molecule has 148 valence electrons. The molecule has 9 heteroatoms. The molecule has 6 nitrogen and oxygen atoms in total. The molecule has 0 aliphatic rings. The normalized spacial score (nSPS) is 10.4. The number of para-hydroxylation sites is 1. The minimum absolute atomic E-state index is 0.0611. The molecule has 0 fully saturated rings. The third-order valence-electron chi connectivity index (χ3n) is 4.05. The SMILES string of the molecule is COc1ccc(-c2nc(SC)[nH]c(=O)c2C#N)cc1COc1c(Cl)cccc1Cl. The quantitative estimate of drug-likeness (QED) is 0.425. The highest BCUT2D eigenvalue weighted by atomic mass is 35.5. The molecule has 0 saturated carbocycles. The van der Waals surface area contributed by atoms with Gasteiger partial charge in [0.1, 0.15) is 24.0 Å². The average Bonchev–Trinajstić information content (AvgIpc) is 2.72. The summed E-state index contributed by atoms with van der Waals surface area (Å²) < 4.78 is 11.2. The Morgan fingerprint density at radius 1 is 1.24 bits per heavy atom. The van der Waals surface area contributed by atoms with Crippen molar-refractivity contribution in [3.8, 4) is 28.8 Å². The average molecular weight is 448 g/mol. The summed E-state index contributed by atoms with van der Waals surface area (Å²) in [6, 6.07) is 12.2. The van der Waals surface area contributed by atoms with Gasteiger partial charge in [-0.25, -0.2) is 4.98 Å². The third-order valence-corrected chi connectivity index (χ3v) is 5.22. The number of thioether (sulfide) groups is 1. The molecule has 3 rings (SSSR count). The second-order valence-corrected chi connectivity index (χ2v) is 7.39. The van der Waals surface area contributed by atoms with Gasteiger partial charge in [-0.15, -0.1) is 0 Å². The number of benzene rings is 2. The zero-order valence-electron chi connectivity index (χ0n) is 15.5. The number of halogens is 2. The summed E-state index contributed by atoms with van der Waals surface area (Å²) in [7, 11) is 1.54. The first kappa shape index (κ1) is 21.1. The van der Waals surface area contributed by atoms with Gasteiger partial charge in [0.25, 0.3) is 5.56 Å². The van der Waals surface area contributed by atoms with Crippen molar-refractivity contribution >= 4 is 35.0 Å². The molecule has 0 amide bonds. The molecule has 3 aromatic rings. The van der Waals surface area contributed by atoms with Crippen molar-refractivity contribution in [3.05, 3.63) is 67.9 Å². The number of methoxy groups -OCH3 is 1. The van der Waals surface area contributed by atoms with Gasteiger partial charge in [0.05, 0.1) is 22.8 Å². The van der Waals surface area contributed by atoms with Crippen LogP contribution in [0.25, 0.3) is 11.3 Å². The van der Waals surface area contributed by atoms with Gasteiger partial charge in [0.15, 0.2) is 10.9 Å². The molecule has 1 N–H and O–H groups in total. The molecule has 0 radical (unpaired) electrons. The number of nitrogens with one attached hydrogen (secondary N) is 1. The van der Waals surface area contributed by atoms with Gasteiger partial charge in [-0.2, -0.15) is 5.26 Å². The van der Waals surface area contributed by atoms with Gasteiger partial charge < -0.3 is 14.5 Å². The molecule has 1 aromatic heterocycles. The van der Waals surface area contributed by atoms with Crippen LogP contribution in [-0.2, 0) is 6.61 Å². The minimum Gasteiger partial charge on any atom is -0.496 e. The van der Waals surface area contributed by atoms with Crippen LogP contribution in [0.2, 0.25) is 10.0 Å². The van der Waals surface area contributed by atoms with Crippen LogP contribution in [0.4, 0.5) is 0 Å². The number of rotatable bonds is 6. The summed E-state index contributed by atoms with van der Waals surface area (Å²) in [6.07, 6.45) is 1.79. The van der Waals surface area contributed by atoms with Crippen LogP contribution in [-0.4, -0.2) is 23.3 Å². The number of hydrogen-bond acceptors (Lipinski definition) is 6. The lowest BCUT2D eigenvalue weighted by atomic mass is 10.0. The Morgan fingerprint density at radius 2 is 1.97 bits per heavy atom. The van der Waals surface area contributed by atoms with E-state index in [1.54, 1.807) is 49.8 Å². The molecular weight excluding hydrogens is 433 g/mol. The first-order valence-corrected chi connectivity index (χ1v) is 10.3. The fourth-order valence-electron chi connectivity index (χ4n) is 2.67. The van der Waals surface area contributed by atoms with Gasteiger partial charge in [0.2, 0.25) is 0 Å². The Kier molecular flexibility index (Phi) is 6.70. The summed E-state index contributed by atoms with van der Waals surface area (Å²) in [5.74, 6) is 0.935. The zero-order valence-corrected chi connectivity index (χ0v) is 17.8. The predicted molar refractivity (Wildman–Crippen MR) is 114 cm³/mol. The highest BCUT2D eigenvalue weighted by Crippen LogP contribution is 2.34. The fourth-order valence-corrected chi connectivity index (χ4v) is 3.55. The molecule has 2 aromatic carbocycles. The number of aromatic nitrogens is 2. The number of nitriles is 1. The summed E-state index contributed by atoms with van der Waals surface area (Å²) in [5.41, 5.74) is 1.01. The molecule has 0 atom stereocenters. The van der Waals surface area contributed by atoms with Crippen molar-refractivity contribution in [1.29, 1.82) is 5.26 Å². The van der Waals surface area contributed by atoms with Crippen molar-refractivity contribution in [2.24, 2.45) is 0 Å². The first-order valence-electron chi connectivity index (χ1n) is 8.31. The summed E-state index contributed by atoms with van der Waals surface area (Å²) >= 11 is 13.6. The van der Waals surface area contributed by atoms with E-state index < -0.39 is 5.56 Å². The smallest absolute Gasteiger partial charge is 0.270 e. The molecule has 0 bridgehead atoms. The van der Waals surface area contributed by atoms with Crippen LogP contribution in [0.3, 0.4) is 0 Å². The van der Waals surface area contributed by atoms with Gasteiger partial charge in [-0.1, -0.05) is 41.0 Å². The van der Waals surface area contributed by atoms with Gasteiger partial charge in [-0.05, 0) is 36.6 Å². The number of hydrogen-bond donors (Lipinski definition) is 1. The van der Waals surface area contributed by atoms with Crippen molar-refractivity contribution in [3.63, 3.8) is 0 Å². The van der Waals surface area contributed by atoms with E-state index >= 15 is 0 Å². The Bertz CT molecular complexity index is 1140. The highest BCUT2D eigenvalue weighted by Gasteiger charge is 2.16. The van der Waals surface area contributed by atoms with Gasteiger partial charge >= 0.3 is 0 Å². The predicted octanol–water partition coefficient (Wildman–Crippen LogP) is 4.92. The molecular formula is C20H15Cl2N3O3S. The maximum atomic E-state index is 12.2. The van der Waals surface area contributed by atoms with E-state index in [2.05, 4.69) is 9.97 Å².